The highest BCUT2D eigenvalue weighted by Crippen LogP contribution is 2.45. The third-order valence-corrected chi connectivity index (χ3v) is 5.86. The molecule has 5 nitrogen and oxygen atoms in total. The van der Waals surface area contributed by atoms with Crippen molar-refractivity contribution in [1.82, 2.24) is 3.97 Å². The number of aromatic nitrogens is 1. The summed E-state index contributed by atoms with van der Waals surface area (Å²) in [4.78, 5) is 0. The Labute approximate surface area is 146 Å². The van der Waals surface area contributed by atoms with Crippen molar-refractivity contribution in [1.29, 1.82) is 0 Å². The van der Waals surface area contributed by atoms with Crippen molar-refractivity contribution >= 4 is 20.9 Å². The maximum absolute atomic E-state index is 12.5. The molecule has 0 saturated carbocycles. The highest BCUT2D eigenvalue weighted by atomic mass is 32.2. The number of nitrogens with zero attached hydrogens (tertiary/aromatic N) is 1. The van der Waals surface area contributed by atoms with E-state index >= 15 is 0 Å². The minimum absolute atomic E-state index is 0.646. The molecule has 0 fully saturated rings. The van der Waals surface area contributed by atoms with Crippen molar-refractivity contribution in [3.05, 3.63) is 47.7 Å². The maximum atomic E-state index is 12.5. The molecular formula is C19H19NO4S. The second kappa shape index (κ2) is 5.52. The van der Waals surface area contributed by atoms with E-state index in [1.807, 2.05) is 36.4 Å². The SMILES string of the molecule is COc1cc(OC)c2c(c1)-c1c(n(S(C)(=O)=O)c3ccccc13)CC2. The quantitative estimate of drug-likeness (QED) is 0.722. The van der Waals surface area contributed by atoms with Gasteiger partial charge in [0, 0.05) is 28.3 Å². The molecule has 25 heavy (non-hydrogen) atoms. The molecule has 0 radical (unpaired) electrons. The van der Waals surface area contributed by atoms with E-state index in [-0.39, 0.29) is 0 Å². The zero-order valence-corrected chi connectivity index (χ0v) is 15.2. The first-order valence-corrected chi connectivity index (χ1v) is 9.88. The summed E-state index contributed by atoms with van der Waals surface area (Å²) in [5.74, 6) is 1.47. The van der Waals surface area contributed by atoms with E-state index in [0.29, 0.717) is 17.7 Å². The molecule has 1 aliphatic carbocycles. The largest absolute Gasteiger partial charge is 0.497 e. The van der Waals surface area contributed by atoms with Gasteiger partial charge in [-0.25, -0.2) is 12.4 Å². The minimum atomic E-state index is -3.41. The van der Waals surface area contributed by atoms with Crippen LogP contribution in [0.4, 0.5) is 0 Å². The Hall–Kier alpha value is -2.47. The predicted molar refractivity (Wildman–Crippen MR) is 98.1 cm³/mol. The lowest BCUT2D eigenvalue weighted by molar-refractivity contribution is 0.391. The van der Waals surface area contributed by atoms with Gasteiger partial charge in [-0.15, -0.1) is 0 Å². The zero-order valence-electron chi connectivity index (χ0n) is 14.4. The van der Waals surface area contributed by atoms with Gasteiger partial charge in [0.25, 0.3) is 0 Å². The van der Waals surface area contributed by atoms with E-state index in [9.17, 15) is 8.42 Å². The molecule has 0 unspecified atom stereocenters. The molecule has 0 saturated heterocycles. The van der Waals surface area contributed by atoms with Gasteiger partial charge >= 0.3 is 0 Å². The van der Waals surface area contributed by atoms with Crippen LogP contribution in [-0.4, -0.2) is 32.9 Å². The lowest BCUT2D eigenvalue weighted by Gasteiger charge is -2.22. The lowest BCUT2D eigenvalue weighted by Crippen LogP contribution is -2.16. The van der Waals surface area contributed by atoms with Crippen molar-refractivity contribution in [3.63, 3.8) is 0 Å². The maximum Gasteiger partial charge on any atom is 0.236 e. The summed E-state index contributed by atoms with van der Waals surface area (Å²) in [5, 5.41) is 0.930. The topological polar surface area (TPSA) is 57.5 Å². The number of fused-ring (bicyclic) bond motifs is 5. The molecule has 0 bridgehead atoms. The van der Waals surface area contributed by atoms with Gasteiger partial charge in [-0.1, -0.05) is 18.2 Å². The molecule has 1 aliphatic rings. The molecule has 1 aromatic heterocycles. The number of hydrogen-bond donors (Lipinski definition) is 0. The van der Waals surface area contributed by atoms with Gasteiger partial charge in [0.2, 0.25) is 10.0 Å². The Bertz CT molecular complexity index is 1100. The molecule has 0 amide bonds. The normalized spacial score (nSPS) is 13.4. The molecule has 0 N–H and O–H groups in total. The summed E-state index contributed by atoms with van der Waals surface area (Å²) < 4.78 is 37.4. The monoisotopic (exact) mass is 357 g/mol. The van der Waals surface area contributed by atoms with Gasteiger partial charge in [0.15, 0.2) is 0 Å². The molecular weight excluding hydrogens is 338 g/mol. The number of ether oxygens (including phenoxy) is 2. The number of benzene rings is 2. The summed E-state index contributed by atoms with van der Waals surface area (Å²) in [6, 6.07) is 11.5. The highest BCUT2D eigenvalue weighted by Gasteiger charge is 2.29. The van der Waals surface area contributed by atoms with Gasteiger partial charge in [0.05, 0.1) is 26.0 Å². The summed E-state index contributed by atoms with van der Waals surface area (Å²) in [7, 11) is -0.148. The Morgan fingerprint density at radius 2 is 1.80 bits per heavy atom. The third-order valence-electron chi connectivity index (χ3n) is 4.78. The van der Waals surface area contributed by atoms with E-state index < -0.39 is 10.0 Å². The summed E-state index contributed by atoms with van der Waals surface area (Å²) in [6.45, 7) is 0. The van der Waals surface area contributed by atoms with E-state index in [0.717, 1.165) is 39.9 Å². The molecule has 4 rings (SSSR count). The zero-order chi connectivity index (χ0) is 17.8. The summed E-state index contributed by atoms with van der Waals surface area (Å²) in [5.41, 5.74) is 4.57. The molecule has 0 atom stereocenters. The fourth-order valence-corrected chi connectivity index (χ4v) is 4.91. The van der Waals surface area contributed by atoms with E-state index in [4.69, 9.17) is 9.47 Å². The van der Waals surface area contributed by atoms with Gasteiger partial charge in [-0.3, -0.25) is 0 Å². The highest BCUT2D eigenvalue weighted by molar-refractivity contribution is 7.89. The Kier molecular flexibility index (Phi) is 3.54. The van der Waals surface area contributed by atoms with Gasteiger partial charge in [0.1, 0.15) is 11.5 Å². The van der Waals surface area contributed by atoms with Crippen LogP contribution in [0.2, 0.25) is 0 Å². The number of para-hydroxylation sites is 1. The first-order chi connectivity index (χ1) is 12.0. The number of rotatable bonds is 3. The summed E-state index contributed by atoms with van der Waals surface area (Å²) >= 11 is 0. The fraction of sp³-hybridized carbons (Fsp3) is 0.263. The van der Waals surface area contributed by atoms with Crippen molar-refractivity contribution < 1.29 is 17.9 Å². The van der Waals surface area contributed by atoms with E-state index in [2.05, 4.69) is 0 Å². The second-order valence-corrected chi connectivity index (χ2v) is 8.05. The van der Waals surface area contributed by atoms with Crippen LogP contribution in [0.3, 0.4) is 0 Å². The molecule has 1 heterocycles. The Morgan fingerprint density at radius 3 is 2.48 bits per heavy atom. The van der Waals surface area contributed by atoms with Crippen LogP contribution in [0.5, 0.6) is 11.5 Å². The average Bonchev–Trinajstić information content (AvgIpc) is 2.95. The van der Waals surface area contributed by atoms with Crippen LogP contribution in [0, 0.1) is 0 Å². The Morgan fingerprint density at radius 1 is 1.04 bits per heavy atom. The van der Waals surface area contributed by atoms with Crippen molar-refractivity contribution in [2.24, 2.45) is 0 Å². The number of hydrogen-bond acceptors (Lipinski definition) is 4. The smallest absolute Gasteiger partial charge is 0.236 e. The van der Waals surface area contributed by atoms with E-state index in [1.165, 1.54) is 10.2 Å². The van der Waals surface area contributed by atoms with Crippen LogP contribution >= 0.6 is 0 Å². The standard InChI is InChI=1S/C19H19NO4S/c1-23-12-10-15-13(18(11-12)24-2)8-9-17-19(15)14-6-4-5-7-16(14)20(17)25(3,21)22/h4-7,10-11H,8-9H2,1-3H3. The van der Waals surface area contributed by atoms with Crippen LogP contribution in [-0.2, 0) is 22.9 Å². The van der Waals surface area contributed by atoms with Crippen molar-refractivity contribution in [2.45, 2.75) is 12.8 Å². The van der Waals surface area contributed by atoms with Gasteiger partial charge in [-0.2, -0.15) is 0 Å². The molecule has 2 aromatic carbocycles. The first-order valence-electron chi connectivity index (χ1n) is 8.04. The molecule has 0 spiro atoms. The predicted octanol–water partition coefficient (Wildman–Crippen LogP) is 3.23. The third kappa shape index (κ3) is 2.32. The fourth-order valence-electron chi connectivity index (χ4n) is 3.81. The van der Waals surface area contributed by atoms with Gasteiger partial charge < -0.3 is 9.47 Å². The average molecular weight is 357 g/mol. The van der Waals surface area contributed by atoms with Crippen LogP contribution < -0.4 is 9.47 Å². The number of methoxy groups -OCH3 is 2. The van der Waals surface area contributed by atoms with Crippen LogP contribution in [0.25, 0.3) is 22.0 Å². The molecule has 130 valence electrons. The van der Waals surface area contributed by atoms with Crippen molar-refractivity contribution in [3.8, 4) is 22.6 Å². The van der Waals surface area contributed by atoms with Crippen LogP contribution in [0.15, 0.2) is 36.4 Å². The minimum Gasteiger partial charge on any atom is -0.497 e. The Balaban J connectivity index is 2.16. The van der Waals surface area contributed by atoms with Crippen LogP contribution in [0.1, 0.15) is 11.3 Å². The van der Waals surface area contributed by atoms with E-state index in [1.54, 1.807) is 14.2 Å². The first kappa shape index (κ1) is 16.0. The van der Waals surface area contributed by atoms with Gasteiger partial charge in [-0.05, 0) is 30.5 Å². The summed E-state index contributed by atoms with van der Waals surface area (Å²) in [6.07, 6.45) is 2.62. The molecule has 3 aromatic rings. The van der Waals surface area contributed by atoms with Crippen molar-refractivity contribution in [2.75, 3.05) is 20.5 Å². The molecule has 6 heteroatoms. The lowest BCUT2D eigenvalue weighted by atomic mass is 9.87. The molecule has 0 aliphatic heterocycles. The second-order valence-electron chi connectivity index (χ2n) is 6.22.